The molecule has 20 heavy (non-hydrogen) atoms. The Morgan fingerprint density at radius 2 is 1.90 bits per heavy atom. The summed E-state index contributed by atoms with van der Waals surface area (Å²) in [6, 6.07) is 4.81. The molecule has 1 aromatic heterocycles. The summed E-state index contributed by atoms with van der Waals surface area (Å²) in [5, 5.41) is 0. The zero-order chi connectivity index (χ0) is 14.8. The smallest absolute Gasteiger partial charge is 0.433 e. The van der Waals surface area contributed by atoms with Gasteiger partial charge in [0.15, 0.2) is 17.2 Å². The summed E-state index contributed by atoms with van der Waals surface area (Å²) < 4.78 is 47.8. The topological polar surface area (TPSA) is 70.3 Å². The average molecular weight is 285 g/mol. The van der Waals surface area contributed by atoms with Crippen LogP contribution in [0.25, 0.3) is 0 Å². The van der Waals surface area contributed by atoms with Crippen molar-refractivity contribution < 1.29 is 22.6 Å². The van der Waals surface area contributed by atoms with Gasteiger partial charge in [-0.25, -0.2) is 4.98 Å². The van der Waals surface area contributed by atoms with Crippen LogP contribution in [-0.4, -0.2) is 17.1 Å². The molecule has 0 bridgehead atoms. The van der Waals surface area contributed by atoms with Crippen molar-refractivity contribution in [2.24, 2.45) is 0 Å². The molecule has 0 aliphatic rings. The third kappa shape index (κ3) is 3.08. The van der Waals surface area contributed by atoms with Crippen molar-refractivity contribution >= 4 is 5.69 Å². The molecule has 0 fully saturated rings. The zero-order valence-corrected chi connectivity index (χ0v) is 10.3. The minimum Gasteiger partial charge on any atom is -0.493 e. The van der Waals surface area contributed by atoms with E-state index in [9.17, 15) is 13.2 Å². The fourth-order valence-corrected chi connectivity index (χ4v) is 1.42. The molecular formula is C12H10F3N3O2. The van der Waals surface area contributed by atoms with Crippen LogP contribution < -0.4 is 15.2 Å². The molecular weight excluding hydrogens is 275 g/mol. The minimum atomic E-state index is -4.57. The predicted molar refractivity (Wildman–Crippen MR) is 64.5 cm³/mol. The van der Waals surface area contributed by atoms with Gasteiger partial charge in [-0.15, -0.1) is 0 Å². The lowest BCUT2D eigenvalue weighted by Crippen LogP contribution is -2.09. The number of benzene rings is 1. The standard InChI is InChI=1S/C12H10F3N3O2/c1-19-8-3-2-7(16)6-9(8)20-11-17-5-4-10(18-11)12(13,14)15/h2-6H,16H2,1H3. The van der Waals surface area contributed by atoms with E-state index in [2.05, 4.69) is 9.97 Å². The molecule has 0 radical (unpaired) electrons. The lowest BCUT2D eigenvalue weighted by atomic mass is 10.3. The summed E-state index contributed by atoms with van der Waals surface area (Å²) in [7, 11) is 1.39. The van der Waals surface area contributed by atoms with Crippen LogP contribution in [0.2, 0.25) is 0 Å². The number of nitrogens with zero attached hydrogens (tertiary/aromatic N) is 2. The first-order valence-corrected chi connectivity index (χ1v) is 5.42. The SMILES string of the molecule is COc1ccc(N)cc1Oc1nccc(C(F)(F)F)n1. The lowest BCUT2D eigenvalue weighted by molar-refractivity contribution is -0.141. The first kappa shape index (κ1) is 13.9. The van der Waals surface area contributed by atoms with Crippen molar-refractivity contribution in [2.75, 3.05) is 12.8 Å². The number of hydrogen-bond acceptors (Lipinski definition) is 5. The van der Waals surface area contributed by atoms with Gasteiger partial charge in [-0.1, -0.05) is 0 Å². The second kappa shape index (κ2) is 5.24. The fourth-order valence-electron chi connectivity index (χ4n) is 1.42. The first-order valence-electron chi connectivity index (χ1n) is 5.42. The van der Waals surface area contributed by atoms with Crippen LogP contribution in [0.4, 0.5) is 18.9 Å². The van der Waals surface area contributed by atoms with Gasteiger partial charge in [-0.2, -0.15) is 18.2 Å². The molecule has 0 atom stereocenters. The average Bonchev–Trinajstić information content (AvgIpc) is 2.38. The highest BCUT2D eigenvalue weighted by Gasteiger charge is 2.33. The van der Waals surface area contributed by atoms with Crippen LogP contribution in [0.1, 0.15) is 5.69 Å². The largest absolute Gasteiger partial charge is 0.493 e. The van der Waals surface area contributed by atoms with Crippen LogP contribution in [-0.2, 0) is 6.18 Å². The van der Waals surface area contributed by atoms with Gasteiger partial charge in [0.05, 0.1) is 7.11 Å². The van der Waals surface area contributed by atoms with Crippen molar-refractivity contribution in [2.45, 2.75) is 6.18 Å². The van der Waals surface area contributed by atoms with E-state index in [4.69, 9.17) is 15.2 Å². The Labute approximate surface area is 112 Å². The van der Waals surface area contributed by atoms with E-state index in [1.807, 2.05) is 0 Å². The van der Waals surface area contributed by atoms with Crippen LogP contribution in [0.15, 0.2) is 30.5 Å². The number of anilines is 1. The van der Waals surface area contributed by atoms with Gasteiger partial charge in [0.25, 0.3) is 0 Å². The van der Waals surface area contributed by atoms with Crippen molar-refractivity contribution in [3.8, 4) is 17.5 Å². The molecule has 8 heteroatoms. The fraction of sp³-hybridized carbons (Fsp3) is 0.167. The number of hydrogen-bond donors (Lipinski definition) is 1. The molecule has 1 aromatic carbocycles. The number of rotatable bonds is 3. The Balaban J connectivity index is 2.33. The summed E-state index contributed by atoms with van der Waals surface area (Å²) in [4.78, 5) is 6.91. The van der Waals surface area contributed by atoms with E-state index < -0.39 is 17.9 Å². The number of methoxy groups -OCH3 is 1. The number of nitrogens with two attached hydrogens (primary N) is 1. The quantitative estimate of drug-likeness (QED) is 0.878. The highest BCUT2D eigenvalue weighted by molar-refractivity contribution is 5.52. The van der Waals surface area contributed by atoms with E-state index in [-0.39, 0.29) is 5.75 Å². The molecule has 0 aliphatic heterocycles. The monoisotopic (exact) mass is 285 g/mol. The maximum atomic E-state index is 12.5. The minimum absolute atomic E-state index is 0.131. The third-order valence-corrected chi connectivity index (χ3v) is 2.31. The Morgan fingerprint density at radius 3 is 2.55 bits per heavy atom. The predicted octanol–water partition coefficient (Wildman–Crippen LogP) is 2.88. The van der Waals surface area contributed by atoms with E-state index in [0.29, 0.717) is 11.4 Å². The highest BCUT2D eigenvalue weighted by atomic mass is 19.4. The number of halogens is 3. The van der Waals surface area contributed by atoms with Crippen molar-refractivity contribution in [1.82, 2.24) is 9.97 Å². The van der Waals surface area contributed by atoms with Gasteiger partial charge in [0.1, 0.15) is 0 Å². The molecule has 0 saturated carbocycles. The number of alkyl halides is 3. The van der Waals surface area contributed by atoms with Gasteiger partial charge < -0.3 is 15.2 Å². The van der Waals surface area contributed by atoms with Gasteiger partial charge in [-0.3, -0.25) is 0 Å². The molecule has 0 amide bonds. The zero-order valence-electron chi connectivity index (χ0n) is 10.3. The van der Waals surface area contributed by atoms with Gasteiger partial charge >= 0.3 is 12.2 Å². The molecule has 0 saturated heterocycles. The molecule has 2 aromatic rings. The number of ether oxygens (including phenoxy) is 2. The molecule has 2 rings (SSSR count). The molecule has 2 N–H and O–H groups in total. The van der Waals surface area contributed by atoms with Gasteiger partial charge in [0.2, 0.25) is 0 Å². The molecule has 5 nitrogen and oxygen atoms in total. The Hall–Kier alpha value is -2.51. The summed E-state index contributed by atoms with van der Waals surface area (Å²) in [5.74, 6) is 0.437. The second-order valence-electron chi connectivity index (χ2n) is 3.73. The summed E-state index contributed by atoms with van der Waals surface area (Å²) in [6.07, 6.45) is -3.61. The van der Waals surface area contributed by atoms with Crippen LogP contribution in [0.3, 0.4) is 0 Å². The van der Waals surface area contributed by atoms with Crippen LogP contribution in [0.5, 0.6) is 17.5 Å². The summed E-state index contributed by atoms with van der Waals surface area (Å²) in [6.45, 7) is 0. The van der Waals surface area contributed by atoms with Gasteiger partial charge in [-0.05, 0) is 18.2 Å². The first-order chi connectivity index (χ1) is 9.40. The van der Waals surface area contributed by atoms with Crippen molar-refractivity contribution in [3.63, 3.8) is 0 Å². The van der Waals surface area contributed by atoms with Crippen molar-refractivity contribution in [1.29, 1.82) is 0 Å². The Morgan fingerprint density at radius 1 is 1.15 bits per heavy atom. The normalized spacial score (nSPS) is 11.2. The molecule has 0 unspecified atom stereocenters. The Bertz CT molecular complexity index is 617. The van der Waals surface area contributed by atoms with E-state index in [0.717, 1.165) is 12.3 Å². The Kier molecular flexibility index (Phi) is 3.64. The highest BCUT2D eigenvalue weighted by Crippen LogP contribution is 2.33. The number of aromatic nitrogens is 2. The molecule has 0 aliphatic carbocycles. The lowest BCUT2D eigenvalue weighted by Gasteiger charge is -2.10. The third-order valence-electron chi connectivity index (χ3n) is 2.31. The van der Waals surface area contributed by atoms with E-state index in [1.165, 1.54) is 19.2 Å². The maximum Gasteiger partial charge on any atom is 0.433 e. The molecule has 0 spiro atoms. The second-order valence-corrected chi connectivity index (χ2v) is 3.73. The van der Waals surface area contributed by atoms with Crippen LogP contribution >= 0.6 is 0 Å². The number of nitrogen functional groups attached to an aromatic ring is 1. The van der Waals surface area contributed by atoms with Gasteiger partial charge in [0, 0.05) is 18.0 Å². The van der Waals surface area contributed by atoms with Crippen LogP contribution in [0, 0.1) is 0 Å². The molecule has 106 valence electrons. The maximum absolute atomic E-state index is 12.5. The molecule has 1 heterocycles. The summed E-state index contributed by atoms with van der Waals surface area (Å²) in [5.41, 5.74) is 4.85. The summed E-state index contributed by atoms with van der Waals surface area (Å²) >= 11 is 0. The van der Waals surface area contributed by atoms with E-state index in [1.54, 1.807) is 6.07 Å². The van der Waals surface area contributed by atoms with Crippen molar-refractivity contribution in [3.05, 3.63) is 36.2 Å². The van der Waals surface area contributed by atoms with E-state index >= 15 is 0 Å².